The third-order valence-corrected chi connectivity index (χ3v) is 4.16. The van der Waals surface area contributed by atoms with Gasteiger partial charge in [-0.3, -0.25) is 9.89 Å². The number of hydrogen-bond acceptors (Lipinski definition) is 3. The second-order valence-electron chi connectivity index (χ2n) is 5.81. The number of fused-ring (bicyclic) bond motifs is 1. The molecule has 1 aliphatic carbocycles. The normalized spacial score (nSPS) is 16.2. The van der Waals surface area contributed by atoms with Crippen LogP contribution in [-0.4, -0.2) is 22.6 Å². The van der Waals surface area contributed by atoms with Crippen molar-refractivity contribution >= 4 is 22.5 Å². The lowest BCUT2D eigenvalue weighted by atomic mass is 10.0. The molecular formula is C15H20N4O. The molecule has 2 aromatic rings. The van der Waals surface area contributed by atoms with E-state index in [1.807, 2.05) is 6.07 Å². The van der Waals surface area contributed by atoms with Gasteiger partial charge in [-0.1, -0.05) is 13.3 Å². The molecule has 1 amide bonds. The number of anilines is 1. The van der Waals surface area contributed by atoms with E-state index in [4.69, 9.17) is 5.73 Å². The number of aromatic nitrogens is 2. The minimum absolute atomic E-state index is 0.121. The number of benzene rings is 1. The molecule has 0 atom stereocenters. The Kier molecular flexibility index (Phi) is 3.12. The van der Waals surface area contributed by atoms with Crippen LogP contribution in [0, 0.1) is 5.41 Å². The quantitative estimate of drug-likeness (QED) is 0.731. The molecule has 1 saturated carbocycles. The predicted molar refractivity (Wildman–Crippen MR) is 79.4 cm³/mol. The zero-order valence-electron chi connectivity index (χ0n) is 11.7. The summed E-state index contributed by atoms with van der Waals surface area (Å²) in [4.78, 5) is 12.3. The maximum absolute atomic E-state index is 12.3. The monoisotopic (exact) mass is 272 g/mol. The zero-order valence-corrected chi connectivity index (χ0v) is 11.7. The number of aromatic amines is 1. The third-order valence-electron chi connectivity index (χ3n) is 4.16. The molecule has 20 heavy (non-hydrogen) atoms. The van der Waals surface area contributed by atoms with E-state index in [0.29, 0.717) is 16.8 Å². The Morgan fingerprint density at radius 2 is 2.30 bits per heavy atom. The molecule has 1 aromatic carbocycles. The van der Waals surface area contributed by atoms with E-state index >= 15 is 0 Å². The first-order chi connectivity index (χ1) is 9.63. The van der Waals surface area contributed by atoms with Crippen molar-refractivity contribution in [2.24, 2.45) is 5.41 Å². The van der Waals surface area contributed by atoms with Crippen LogP contribution in [0.3, 0.4) is 0 Å². The van der Waals surface area contributed by atoms with Gasteiger partial charge in [-0.2, -0.15) is 5.10 Å². The third kappa shape index (κ3) is 2.35. The highest BCUT2D eigenvalue weighted by Gasteiger charge is 2.41. The van der Waals surface area contributed by atoms with Crippen molar-refractivity contribution < 1.29 is 4.79 Å². The van der Waals surface area contributed by atoms with Gasteiger partial charge in [0.25, 0.3) is 5.91 Å². The van der Waals surface area contributed by atoms with Gasteiger partial charge in [-0.25, -0.2) is 0 Å². The van der Waals surface area contributed by atoms with E-state index in [9.17, 15) is 4.79 Å². The second kappa shape index (κ2) is 4.81. The highest BCUT2D eigenvalue weighted by atomic mass is 16.1. The van der Waals surface area contributed by atoms with Crippen molar-refractivity contribution in [3.05, 3.63) is 23.9 Å². The Labute approximate surface area is 117 Å². The highest BCUT2D eigenvalue weighted by molar-refractivity contribution is 6.05. The van der Waals surface area contributed by atoms with Crippen LogP contribution < -0.4 is 11.1 Å². The number of carbonyl (C=O) groups excluding carboxylic acids is 1. The van der Waals surface area contributed by atoms with Crippen LogP contribution in [0.15, 0.2) is 18.2 Å². The summed E-state index contributed by atoms with van der Waals surface area (Å²) in [5.74, 6) is -0.121. The van der Waals surface area contributed by atoms with Crippen molar-refractivity contribution in [1.29, 1.82) is 0 Å². The zero-order chi connectivity index (χ0) is 14.2. The van der Waals surface area contributed by atoms with Gasteiger partial charge < -0.3 is 11.1 Å². The first-order valence-corrected chi connectivity index (χ1v) is 7.15. The molecule has 5 heteroatoms. The Bertz CT molecular complexity index is 642. The molecule has 0 saturated heterocycles. The SMILES string of the molecule is CCCC1(CNC(=O)c2n[nH]c3ccc(N)cc23)CC1. The molecule has 1 heterocycles. The Morgan fingerprint density at radius 3 is 3.00 bits per heavy atom. The molecule has 0 aliphatic heterocycles. The van der Waals surface area contributed by atoms with Crippen LogP contribution in [0.2, 0.25) is 0 Å². The van der Waals surface area contributed by atoms with Gasteiger partial charge in [-0.15, -0.1) is 0 Å². The second-order valence-corrected chi connectivity index (χ2v) is 5.81. The number of nitrogens with one attached hydrogen (secondary N) is 2. The van der Waals surface area contributed by atoms with Gasteiger partial charge in [0, 0.05) is 17.6 Å². The molecule has 4 N–H and O–H groups in total. The molecule has 3 rings (SSSR count). The van der Waals surface area contributed by atoms with Crippen LogP contribution in [0.1, 0.15) is 43.1 Å². The number of hydrogen-bond donors (Lipinski definition) is 3. The average molecular weight is 272 g/mol. The minimum Gasteiger partial charge on any atom is -0.399 e. The van der Waals surface area contributed by atoms with Crippen LogP contribution in [0.5, 0.6) is 0 Å². The van der Waals surface area contributed by atoms with Gasteiger partial charge in [0.2, 0.25) is 0 Å². The van der Waals surface area contributed by atoms with Crippen molar-refractivity contribution in [3.63, 3.8) is 0 Å². The molecule has 5 nitrogen and oxygen atoms in total. The summed E-state index contributed by atoms with van der Waals surface area (Å²) >= 11 is 0. The van der Waals surface area contributed by atoms with Gasteiger partial charge in [0.15, 0.2) is 5.69 Å². The van der Waals surface area contributed by atoms with Crippen molar-refractivity contribution in [2.75, 3.05) is 12.3 Å². The summed E-state index contributed by atoms with van der Waals surface area (Å²) in [6.45, 7) is 2.93. The van der Waals surface area contributed by atoms with Gasteiger partial charge in [0.1, 0.15) is 0 Å². The topological polar surface area (TPSA) is 83.8 Å². The summed E-state index contributed by atoms with van der Waals surface area (Å²) in [5.41, 5.74) is 8.01. The van der Waals surface area contributed by atoms with E-state index in [1.54, 1.807) is 12.1 Å². The largest absolute Gasteiger partial charge is 0.399 e. The smallest absolute Gasteiger partial charge is 0.272 e. The number of nitrogens with two attached hydrogens (primary N) is 1. The number of carbonyl (C=O) groups is 1. The van der Waals surface area contributed by atoms with Crippen molar-refractivity contribution in [1.82, 2.24) is 15.5 Å². The molecule has 0 spiro atoms. The van der Waals surface area contributed by atoms with E-state index in [1.165, 1.54) is 19.3 Å². The van der Waals surface area contributed by atoms with E-state index in [2.05, 4.69) is 22.4 Å². The maximum Gasteiger partial charge on any atom is 0.272 e. The van der Waals surface area contributed by atoms with Crippen LogP contribution in [-0.2, 0) is 0 Å². The predicted octanol–water partition coefficient (Wildman–Crippen LogP) is 2.46. The van der Waals surface area contributed by atoms with Gasteiger partial charge >= 0.3 is 0 Å². The summed E-state index contributed by atoms with van der Waals surface area (Å²) in [5, 5.41) is 10.8. The summed E-state index contributed by atoms with van der Waals surface area (Å²) in [7, 11) is 0. The first kappa shape index (κ1) is 13.0. The molecular weight excluding hydrogens is 252 g/mol. The van der Waals surface area contributed by atoms with E-state index in [-0.39, 0.29) is 5.91 Å². The summed E-state index contributed by atoms with van der Waals surface area (Å²) in [6.07, 6.45) is 4.78. The fourth-order valence-corrected chi connectivity index (χ4v) is 2.78. The molecule has 0 unspecified atom stereocenters. The Balaban J connectivity index is 1.74. The summed E-state index contributed by atoms with van der Waals surface area (Å²) in [6, 6.07) is 5.42. The highest BCUT2D eigenvalue weighted by Crippen LogP contribution is 2.48. The lowest BCUT2D eigenvalue weighted by molar-refractivity contribution is 0.0940. The van der Waals surface area contributed by atoms with Crippen LogP contribution in [0.4, 0.5) is 5.69 Å². The molecule has 106 valence electrons. The fraction of sp³-hybridized carbons (Fsp3) is 0.467. The number of rotatable bonds is 5. The molecule has 1 fully saturated rings. The minimum atomic E-state index is -0.121. The van der Waals surface area contributed by atoms with Crippen molar-refractivity contribution in [2.45, 2.75) is 32.6 Å². The maximum atomic E-state index is 12.3. The van der Waals surface area contributed by atoms with Gasteiger partial charge in [-0.05, 0) is 42.9 Å². The molecule has 1 aliphatic rings. The molecule has 0 bridgehead atoms. The lowest BCUT2D eigenvalue weighted by Crippen LogP contribution is -2.30. The molecule has 1 aromatic heterocycles. The fourth-order valence-electron chi connectivity index (χ4n) is 2.78. The summed E-state index contributed by atoms with van der Waals surface area (Å²) < 4.78 is 0. The number of nitrogen functional groups attached to an aromatic ring is 1. The number of amides is 1. The molecule has 0 radical (unpaired) electrons. The average Bonchev–Trinajstić information content (AvgIpc) is 3.07. The van der Waals surface area contributed by atoms with Crippen molar-refractivity contribution in [3.8, 4) is 0 Å². The Morgan fingerprint density at radius 1 is 1.50 bits per heavy atom. The van der Waals surface area contributed by atoms with Crippen LogP contribution in [0.25, 0.3) is 10.9 Å². The van der Waals surface area contributed by atoms with Gasteiger partial charge in [0.05, 0.1) is 5.52 Å². The van der Waals surface area contributed by atoms with Crippen LogP contribution >= 0.6 is 0 Å². The number of H-pyrrole nitrogens is 1. The first-order valence-electron chi connectivity index (χ1n) is 7.15. The lowest BCUT2D eigenvalue weighted by Gasteiger charge is -2.14. The van der Waals surface area contributed by atoms with E-state index < -0.39 is 0 Å². The Hall–Kier alpha value is -2.04. The number of nitrogens with zero attached hydrogens (tertiary/aromatic N) is 1. The standard InChI is InChI=1S/C15H20N4O/c1-2-5-15(6-7-15)9-17-14(20)13-11-8-10(16)3-4-12(11)18-19-13/h3-4,8H,2,5-7,9,16H2,1H3,(H,17,20)(H,18,19). The van der Waals surface area contributed by atoms with E-state index in [0.717, 1.165) is 23.9 Å².